The molecule has 1 saturated carbocycles. The lowest BCUT2D eigenvalue weighted by atomic mass is 9.74. The van der Waals surface area contributed by atoms with Crippen LogP contribution < -0.4 is 5.32 Å². The monoisotopic (exact) mass is 265 g/mol. The molecular formula is C15H20ClNO. The molecule has 1 spiro atoms. The Kier molecular flexibility index (Phi) is 3.25. The average molecular weight is 266 g/mol. The van der Waals surface area contributed by atoms with E-state index in [2.05, 4.69) is 18.3 Å². The van der Waals surface area contributed by atoms with E-state index in [9.17, 15) is 0 Å². The first kappa shape index (κ1) is 12.3. The molecule has 1 aromatic carbocycles. The van der Waals surface area contributed by atoms with Gasteiger partial charge in [-0.3, -0.25) is 0 Å². The molecule has 3 heteroatoms. The minimum atomic E-state index is 0.186. The lowest BCUT2D eigenvalue weighted by Gasteiger charge is -2.47. The van der Waals surface area contributed by atoms with Crippen molar-refractivity contribution in [3.63, 3.8) is 0 Å². The Morgan fingerprint density at radius 1 is 1.39 bits per heavy atom. The molecule has 1 aliphatic carbocycles. The number of nitrogens with one attached hydrogen (secondary N) is 1. The fraction of sp³-hybridized carbons (Fsp3) is 0.600. The summed E-state index contributed by atoms with van der Waals surface area (Å²) in [5.74, 6) is 0. The van der Waals surface area contributed by atoms with Crippen LogP contribution >= 0.6 is 11.6 Å². The normalized spacial score (nSPS) is 25.8. The minimum absolute atomic E-state index is 0.186. The van der Waals surface area contributed by atoms with E-state index in [-0.39, 0.29) is 5.60 Å². The predicted octanol–water partition coefficient (Wildman–Crippen LogP) is 4.16. The number of anilines is 1. The molecule has 2 nitrogen and oxygen atoms in total. The highest BCUT2D eigenvalue weighted by Crippen LogP contribution is 2.43. The molecule has 98 valence electrons. The van der Waals surface area contributed by atoms with Gasteiger partial charge in [0.2, 0.25) is 0 Å². The highest BCUT2D eigenvalue weighted by molar-refractivity contribution is 6.33. The summed E-state index contributed by atoms with van der Waals surface area (Å²) in [6.07, 6.45) is 5.97. The van der Waals surface area contributed by atoms with E-state index in [0.717, 1.165) is 30.2 Å². The highest BCUT2D eigenvalue weighted by Gasteiger charge is 2.42. The van der Waals surface area contributed by atoms with Gasteiger partial charge in [-0.15, -0.1) is 0 Å². The van der Waals surface area contributed by atoms with Crippen LogP contribution in [0.2, 0.25) is 5.02 Å². The second-order valence-corrected chi connectivity index (χ2v) is 6.06. The van der Waals surface area contributed by atoms with Gasteiger partial charge in [0, 0.05) is 12.6 Å². The quantitative estimate of drug-likeness (QED) is 0.867. The van der Waals surface area contributed by atoms with Crippen molar-refractivity contribution < 1.29 is 4.74 Å². The number of para-hydroxylation sites is 1. The van der Waals surface area contributed by atoms with Crippen LogP contribution in [0.25, 0.3) is 0 Å². The summed E-state index contributed by atoms with van der Waals surface area (Å²) in [5, 5.41) is 4.45. The summed E-state index contributed by atoms with van der Waals surface area (Å²) in [7, 11) is 0. The number of hydrogen-bond acceptors (Lipinski definition) is 2. The zero-order valence-electron chi connectivity index (χ0n) is 10.8. The summed E-state index contributed by atoms with van der Waals surface area (Å²) < 4.78 is 5.96. The number of halogens is 1. The third kappa shape index (κ3) is 2.24. The van der Waals surface area contributed by atoms with Crippen molar-refractivity contribution in [2.75, 3.05) is 11.9 Å². The van der Waals surface area contributed by atoms with Crippen LogP contribution in [0.3, 0.4) is 0 Å². The predicted molar refractivity (Wildman–Crippen MR) is 75.4 cm³/mol. The number of hydrogen-bond donors (Lipinski definition) is 1. The Bertz CT molecular complexity index is 422. The van der Waals surface area contributed by atoms with E-state index in [1.54, 1.807) is 0 Å². The summed E-state index contributed by atoms with van der Waals surface area (Å²) in [4.78, 5) is 0. The molecule has 1 saturated heterocycles. The van der Waals surface area contributed by atoms with Crippen LogP contribution in [0.15, 0.2) is 18.2 Å². The largest absolute Gasteiger partial charge is 0.381 e. The number of rotatable bonds is 2. The van der Waals surface area contributed by atoms with Gasteiger partial charge in [0.25, 0.3) is 0 Å². The number of aryl methyl sites for hydroxylation is 1. The van der Waals surface area contributed by atoms with E-state index < -0.39 is 0 Å². The maximum atomic E-state index is 6.27. The fourth-order valence-corrected chi connectivity index (χ4v) is 3.37. The first-order valence-corrected chi connectivity index (χ1v) is 7.22. The second-order valence-electron chi connectivity index (χ2n) is 5.65. The van der Waals surface area contributed by atoms with E-state index >= 15 is 0 Å². The van der Waals surface area contributed by atoms with Gasteiger partial charge in [-0.1, -0.05) is 23.7 Å². The molecule has 1 N–H and O–H groups in total. The molecule has 1 unspecified atom stereocenters. The SMILES string of the molecule is Cc1cccc(Cl)c1NC1CCOC2(CCC2)C1. The molecule has 1 atom stereocenters. The van der Waals surface area contributed by atoms with Gasteiger partial charge < -0.3 is 10.1 Å². The maximum absolute atomic E-state index is 6.27. The van der Waals surface area contributed by atoms with E-state index in [0.29, 0.717) is 6.04 Å². The topological polar surface area (TPSA) is 21.3 Å². The summed E-state index contributed by atoms with van der Waals surface area (Å²) >= 11 is 6.27. The van der Waals surface area contributed by atoms with E-state index in [4.69, 9.17) is 16.3 Å². The molecular weight excluding hydrogens is 246 g/mol. The van der Waals surface area contributed by atoms with Crippen LogP contribution in [0.5, 0.6) is 0 Å². The van der Waals surface area contributed by atoms with Gasteiger partial charge >= 0.3 is 0 Å². The molecule has 1 aliphatic heterocycles. The van der Waals surface area contributed by atoms with E-state index in [1.807, 2.05) is 12.1 Å². The smallest absolute Gasteiger partial charge is 0.0702 e. The van der Waals surface area contributed by atoms with Gasteiger partial charge in [-0.2, -0.15) is 0 Å². The van der Waals surface area contributed by atoms with Crippen molar-refractivity contribution in [1.29, 1.82) is 0 Å². The molecule has 18 heavy (non-hydrogen) atoms. The van der Waals surface area contributed by atoms with Crippen molar-refractivity contribution in [1.82, 2.24) is 0 Å². The first-order chi connectivity index (χ1) is 8.69. The van der Waals surface area contributed by atoms with Crippen molar-refractivity contribution in [2.24, 2.45) is 0 Å². The van der Waals surface area contributed by atoms with Crippen molar-refractivity contribution in [2.45, 2.75) is 50.7 Å². The Morgan fingerprint density at radius 3 is 2.89 bits per heavy atom. The highest BCUT2D eigenvalue weighted by atomic mass is 35.5. The molecule has 0 amide bonds. The zero-order chi connectivity index (χ0) is 12.6. The molecule has 2 fully saturated rings. The van der Waals surface area contributed by atoms with Crippen LogP contribution in [0.1, 0.15) is 37.7 Å². The Hall–Kier alpha value is -0.730. The van der Waals surface area contributed by atoms with Crippen molar-refractivity contribution in [3.8, 4) is 0 Å². The Labute approximate surface area is 114 Å². The minimum Gasteiger partial charge on any atom is -0.381 e. The van der Waals surface area contributed by atoms with Crippen LogP contribution in [0.4, 0.5) is 5.69 Å². The number of benzene rings is 1. The lowest BCUT2D eigenvalue weighted by Crippen LogP contribution is -2.49. The zero-order valence-corrected chi connectivity index (χ0v) is 11.6. The van der Waals surface area contributed by atoms with Gasteiger partial charge in [0.15, 0.2) is 0 Å². The summed E-state index contributed by atoms with van der Waals surface area (Å²) in [6, 6.07) is 6.56. The molecule has 1 aromatic rings. The van der Waals surface area contributed by atoms with E-state index in [1.165, 1.54) is 24.8 Å². The first-order valence-electron chi connectivity index (χ1n) is 6.84. The summed E-state index contributed by atoms with van der Waals surface area (Å²) in [6.45, 7) is 2.98. The molecule has 2 aliphatic rings. The molecule has 0 aromatic heterocycles. The van der Waals surface area contributed by atoms with Crippen molar-refractivity contribution >= 4 is 17.3 Å². The molecule has 0 bridgehead atoms. The van der Waals surface area contributed by atoms with Gasteiger partial charge in [-0.25, -0.2) is 0 Å². The third-order valence-electron chi connectivity index (χ3n) is 4.33. The van der Waals surface area contributed by atoms with Gasteiger partial charge in [-0.05, 0) is 50.7 Å². The van der Waals surface area contributed by atoms with Crippen LogP contribution in [-0.4, -0.2) is 18.2 Å². The fourth-order valence-electron chi connectivity index (χ4n) is 3.09. The Morgan fingerprint density at radius 2 is 2.22 bits per heavy atom. The summed E-state index contributed by atoms with van der Waals surface area (Å²) in [5.41, 5.74) is 2.50. The maximum Gasteiger partial charge on any atom is 0.0702 e. The Balaban J connectivity index is 1.72. The third-order valence-corrected chi connectivity index (χ3v) is 4.64. The lowest BCUT2D eigenvalue weighted by molar-refractivity contribution is -0.130. The second kappa shape index (κ2) is 4.75. The van der Waals surface area contributed by atoms with Crippen LogP contribution in [0, 0.1) is 6.92 Å². The standard InChI is InChI=1S/C15H20ClNO/c1-11-4-2-5-13(16)14(11)17-12-6-9-18-15(10-12)7-3-8-15/h2,4-5,12,17H,3,6-10H2,1H3. The van der Waals surface area contributed by atoms with Crippen molar-refractivity contribution in [3.05, 3.63) is 28.8 Å². The molecule has 1 heterocycles. The van der Waals surface area contributed by atoms with Gasteiger partial charge in [0.1, 0.15) is 0 Å². The molecule has 3 rings (SSSR count). The van der Waals surface area contributed by atoms with Gasteiger partial charge in [0.05, 0.1) is 16.3 Å². The number of ether oxygens (including phenoxy) is 1. The average Bonchev–Trinajstić information content (AvgIpc) is 2.33. The van der Waals surface area contributed by atoms with Crippen LogP contribution in [-0.2, 0) is 4.74 Å². The molecule has 0 radical (unpaired) electrons.